The third-order valence-corrected chi connectivity index (χ3v) is 5.69. The highest BCUT2D eigenvalue weighted by Crippen LogP contribution is 2.27. The molecule has 6 heteroatoms. The Bertz CT molecular complexity index is 816. The predicted molar refractivity (Wildman–Crippen MR) is 99.0 cm³/mol. The van der Waals surface area contributed by atoms with Gasteiger partial charge in [-0.3, -0.25) is 9.36 Å². The Morgan fingerprint density at radius 1 is 1.04 bits per heavy atom. The molecule has 26 heavy (non-hydrogen) atoms. The molecule has 4 rings (SSSR count). The van der Waals surface area contributed by atoms with Crippen LogP contribution >= 0.6 is 0 Å². The van der Waals surface area contributed by atoms with E-state index in [0.29, 0.717) is 5.92 Å². The second-order valence-electron chi connectivity index (χ2n) is 7.38. The van der Waals surface area contributed by atoms with E-state index in [1.807, 2.05) is 11.0 Å². The molecule has 0 spiro atoms. The zero-order valence-corrected chi connectivity index (χ0v) is 15.1. The molecule has 6 nitrogen and oxygen atoms in total. The van der Waals surface area contributed by atoms with Crippen molar-refractivity contribution in [2.45, 2.75) is 57.5 Å². The average Bonchev–Trinajstić information content (AvgIpc) is 2.85. The van der Waals surface area contributed by atoms with Crippen LogP contribution in [0.3, 0.4) is 0 Å². The first-order valence-electron chi connectivity index (χ1n) is 9.71. The summed E-state index contributed by atoms with van der Waals surface area (Å²) >= 11 is 0. The fourth-order valence-electron chi connectivity index (χ4n) is 4.14. The summed E-state index contributed by atoms with van der Waals surface area (Å²) in [7, 11) is 0. The maximum atomic E-state index is 12.7. The smallest absolute Gasteiger partial charge is 0.341 e. The van der Waals surface area contributed by atoms with E-state index in [1.54, 1.807) is 4.57 Å². The number of fused-ring (bicyclic) bond motifs is 1. The van der Waals surface area contributed by atoms with E-state index in [4.69, 9.17) is 0 Å². The number of rotatable bonds is 3. The van der Waals surface area contributed by atoms with Gasteiger partial charge in [0.25, 0.3) is 0 Å². The van der Waals surface area contributed by atoms with Gasteiger partial charge in [0, 0.05) is 26.1 Å². The van der Waals surface area contributed by atoms with Crippen LogP contribution in [-0.4, -0.2) is 38.2 Å². The van der Waals surface area contributed by atoms with Gasteiger partial charge < -0.3 is 4.90 Å². The molecule has 1 amide bonds. The van der Waals surface area contributed by atoms with Crippen LogP contribution in [0.25, 0.3) is 0 Å². The third-order valence-electron chi connectivity index (χ3n) is 5.69. The van der Waals surface area contributed by atoms with Crippen molar-refractivity contribution in [2.75, 3.05) is 13.1 Å². The van der Waals surface area contributed by atoms with E-state index in [0.717, 1.165) is 64.0 Å². The molecular weight excluding hydrogens is 328 g/mol. The Balaban J connectivity index is 1.38. The highest BCUT2D eigenvalue weighted by molar-refractivity contribution is 5.76. The van der Waals surface area contributed by atoms with Crippen molar-refractivity contribution in [3.63, 3.8) is 0 Å². The second-order valence-corrected chi connectivity index (χ2v) is 7.38. The number of hydrogen-bond donors (Lipinski definition) is 0. The minimum absolute atomic E-state index is 0.00636. The zero-order valence-electron chi connectivity index (χ0n) is 15.1. The number of hydrogen-bond acceptors (Lipinski definition) is 3. The molecule has 138 valence electrons. The van der Waals surface area contributed by atoms with Crippen LogP contribution in [0.5, 0.6) is 0 Å². The van der Waals surface area contributed by atoms with E-state index in [1.165, 1.54) is 10.2 Å². The molecule has 2 aliphatic heterocycles. The summed E-state index contributed by atoms with van der Waals surface area (Å²) in [4.78, 5) is 27.1. The molecule has 0 aliphatic carbocycles. The van der Waals surface area contributed by atoms with Gasteiger partial charge in [-0.05, 0) is 37.2 Å². The highest BCUT2D eigenvalue weighted by Gasteiger charge is 2.25. The summed E-state index contributed by atoms with van der Waals surface area (Å²) in [6, 6.07) is 10.5. The number of nitrogens with zero attached hydrogens (tertiary/aromatic N) is 4. The van der Waals surface area contributed by atoms with E-state index < -0.39 is 0 Å². The molecular formula is C20H26N4O2. The quantitative estimate of drug-likeness (QED) is 0.849. The lowest BCUT2D eigenvalue weighted by atomic mass is 9.89. The molecule has 0 saturated carbocycles. The Kier molecular flexibility index (Phi) is 4.91. The van der Waals surface area contributed by atoms with Crippen LogP contribution < -0.4 is 5.69 Å². The molecule has 0 bridgehead atoms. The predicted octanol–water partition coefficient (Wildman–Crippen LogP) is 2.18. The van der Waals surface area contributed by atoms with E-state index in [-0.39, 0.29) is 18.1 Å². The molecule has 2 aliphatic rings. The van der Waals surface area contributed by atoms with Gasteiger partial charge in [0.2, 0.25) is 5.91 Å². The monoisotopic (exact) mass is 354 g/mol. The van der Waals surface area contributed by atoms with Crippen molar-refractivity contribution in [3.8, 4) is 0 Å². The molecule has 1 saturated heterocycles. The normalized spacial score (nSPS) is 18.4. The van der Waals surface area contributed by atoms with Crippen molar-refractivity contribution in [1.29, 1.82) is 0 Å². The fourth-order valence-corrected chi connectivity index (χ4v) is 4.14. The van der Waals surface area contributed by atoms with Gasteiger partial charge in [-0.2, -0.15) is 5.10 Å². The average molecular weight is 354 g/mol. The Hall–Kier alpha value is -2.37. The number of piperidine rings is 1. The zero-order chi connectivity index (χ0) is 17.9. The number of likely N-dealkylation sites (tertiary alicyclic amines) is 1. The molecule has 3 heterocycles. The number of carbonyl (C=O) groups excluding carboxylic acids is 1. The second kappa shape index (κ2) is 7.48. The van der Waals surface area contributed by atoms with Crippen LogP contribution in [0.4, 0.5) is 0 Å². The van der Waals surface area contributed by atoms with Crippen LogP contribution in [0.2, 0.25) is 0 Å². The van der Waals surface area contributed by atoms with Gasteiger partial charge in [0.15, 0.2) is 0 Å². The first-order valence-corrected chi connectivity index (χ1v) is 9.71. The third kappa shape index (κ3) is 3.45. The molecule has 0 atom stereocenters. The summed E-state index contributed by atoms with van der Waals surface area (Å²) in [6.45, 7) is 2.29. The van der Waals surface area contributed by atoms with E-state index >= 15 is 0 Å². The summed E-state index contributed by atoms with van der Waals surface area (Å²) in [5.74, 6) is 1.36. The van der Waals surface area contributed by atoms with Crippen molar-refractivity contribution in [1.82, 2.24) is 19.2 Å². The molecule has 0 N–H and O–H groups in total. The Labute approximate surface area is 153 Å². The first-order chi connectivity index (χ1) is 12.7. The number of aryl methyl sites for hydroxylation is 1. The summed E-state index contributed by atoms with van der Waals surface area (Å²) in [5, 5.41) is 4.43. The van der Waals surface area contributed by atoms with Crippen LogP contribution in [0.15, 0.2) is 35.1 Å². The number of aromatic nitrogens is 3. The van der Waals surface area contributed by atoms with Gasteiger partial charge in [-0.1, -0.05) is 36.8 Å². The standard InChI is InChI=1S/C20H26N4O2/c25-19(15-24-20(26)23-12-6-2-5-9-18(23)21-24)22-13-10-17(11-14-22)16-7-3-1-4-8-16/h1,3-4,7-8,17H,2,5-6,9-15H2. The molecule has 0 unspecified atom stereocenters. The minimum Gasteiger partial charge on any atom is -0.341 e. The Morgan fingerprint density at radius 3 is 2.58 bits per heavy atom. The number of carbonyl (C=O) groups is 1. The molecule has 1 aromatic heterocycles. The molecule has 2 aromatic rings. The summed E-state index contributed by atoms with van der Waals surface area (Å²) in [5.41, 5.74) is 1.23. The van der Waals surface area contributed by atoms with Crippen molar-refractivity contribution >= 4 is 5.91 Å². The van der Waals surface area contributed by atoms with Crippen LogP contribution in [0.1, 0.15) is 49.4 Å². The fraction of sp³-hybridized carbons (Fsp3) is 0.550. The Morgan fingerprint density at radius 2 is 1.81 bits per heavy atom. The maximum Gasteiger partial charge on any atom is 0.346 e. The lowest BCUT2D eigenvalue weighted by molar-refractivity contribution is -0.133. The van der Waals surface area contributed by atoms with Crippen molar-refractivity contribution in [3.05, 3.63) is 52.2 Å². The largest absolute Gasteiger partial charge is 0.346 e. The molecule has 1 fully saturated rings. The molecule has 0 radical (unpaired) electrons. The lowest BCUT2D eigenvalue weighted by Gasteiger charge is -2.32. The van der Waals surface area contributed by atoms with E-state index in [2.05, 4.69) is 29.4 Å². The van der Waals surface area contributed by atoms with Gasteiger partial charge in [-0.15, -0.1) is 0 Å². The molecule has 1 aromatic carbocycles. The van der Waals surface area contributed by atoms with E-state index in [9.17, 15) is 9.59 Å². The van der Waals surface area contributed by atoms with Crippen molar-refractivity contribution in [2.24, 2.45) is 0 Å². The summed E-state index contributed by atoms with van der Waals surface area (Å²) in [6.07, 6.45) is 6.00. The van der Waals surface area contributed by atoms with Gasteiger partial charge in [-0.25, -0.2) is 9.48 Å². The lowest BCUT2D eigenvalue weighted by Crippen LogP contribution is -2.41. The number of amides is 1. The highest BCUT2D eigenvalue weighted by atomic mass is 16.2. The van der Waals surface area contributed by atoms with Gasteiger partial charge in [0.1, 0.15) is 12.4 Å². The van der Waals surface area contributed by atoms with Crippen LogP contribution in [0, 0.1) is 0 Å². The van der Waals surface area contributed by atoms with Crippen molar-refractivity contribution < 1.29 is 4.79 Å². The van der Waals surface area contributed by atoms with Gasteiger partial charge >= 0.3 is 5.69 Å². The van der Waals surface area contributed by atoms with Crippen LogP contribution in [-0.2, 0) is 24.3 Å². The first kappa shape index (κ1) is 17.1. The maximum absolute atomic E-state index is 12.7. The summed E-state index contributed by atoms with van der Waals surface area (Å²) < 4.78 is 3.12. The number of benzene rings is 1. The minimum atomic E-state index is -0.130. The SMILES string of the molecule is O=C(Cn1nc2n(c1=O)CCCCC2)N1CCC(c2ccccc2)CC1. The van der Waals surface area contributed by atoms with Gasteiger partial charge in [0.05, 0.1) is 0 Å². The topological polar surface area (TPSA) is 60.1 Å².